The smallest absolute Gasteiger partial charge is 0.277 e. The predicted octanol–water partition coefficient (Wildman–Crippen LogP) is 3.20. The molecule has 0 radical (unpaired) electrons. The summed E-state index contributed by atoms with van der Waals surface area (Å²) in [4.78, 5) is 24.9. The molecule has 1 heterocycles. The molecule has 6 nitrogen and oxygen atoms in total. The third-order valence-corrected chi connectivity index (χ3v) is 4.95. The van der Waals surface area contributed by atoms with E-state index in [9.17, 15) is 9.59 Å². The maximum atomic E-state index is 12.6. The summed E-state index contributed by atoms with van der Waals surface area (Å²) < 4.78 is 1.33. The van der Waals surface area contributed by atoms with Crippen LogP contribution in [-0.2, 0) is 13.0 Å². The van der Waals surface area contributed by atoms with Crippen LogP contribution in [0.3, 0.4) is 0 Å². The molecular formula is C24H22N4O2. The molecule has 0 unspecified atom stereocenters. The van der Waals surface area contributed by atoms with Gasteiger partial charge in [0.2, 0.25) is 0 Å². The SMILES string of the molecule is O=C(NCCCc1ccccc1)c1ccc(Cn2nnc3ccccc3c2=O)cc1. The third kappa shape index (κ3) is 4.60. The highest BCUT2D eigenvalue weighted by molar-refractivity contribution is 5.94. The van der Waals surface area contributed by atoms with Crippen molar-refractivity contribution in [3.05, 3.63) is 106 Å². The first-order valence-corrected chi connectivity index (χ1v) is 9.94. The number of carbonyl (C=O) groups is 1. The van der Waals surface area contributed by atoms with E-state index in [4.69, 9.17) is 0 Å². The highest BCUT2D eigenvalue weighted by Crippen LogP contribution is 2.08. The molecule has 1 aromatic heterocycles. The number of hydrogen-bond acceptors (Lipinski definition) is 4. The molecule has 0 atom stereocenters. The van der Waals surface area contributed by atoms with Crippen molar-refractivity contribution >= 4 is 16.8 Å². The molecular weight excluding hydrogens is 376 g/mol. The van der Waals surface area contributed by atoms with Gasteiger partial charge in [-0.25, -0.2) is 4.68 Å². The summed E-state index contributed by atoms with van der Waals surface area (Å²) in [6, 6.07) is 24.6. The lowest BCUT2D eigenvalue weighted by atomic mass is 10.1. The molecule has 3 aromatic carbocycles. The van der Waals surface area contributed by atoms with Crippen LogP contribution in [0.1, 0.15) is 27.9 Å². The van der Waals surface area contributed by atoms with E-state index in [-0.39, 0.29) is 11.5 Å². The van der Waals surface area contributed by atoms with Crippen LogP contribution in [0.2, 0.25) is 0 Å². The molecule has 0 saturated carbocycles. The van der Waals surface area contributed by atoms with Crippen molar-refractivity contribution in [2.75, 3.05) is 6.54 Å². The third-order valence-electron chi connectivity index (χ3n) is 4.95. The minimum atomic E-state index is -0.180. The lowest BCUT2D eigenvalue weighted by Gasteiger charge is -2.08. The number of nitrogens with zero attached hydrogens (tertiary/aromatic N) is 3. The van der Waals surface area contributed by atoms with Gasteiger partial charge in [0.1, 0.15) is 5.52 Å². The summed E-state index contributed by atoms with van der Waals surface area (Å²) in [5, 5.41) is 11.6. The number of hydrogen-bond donors (Lipinski definition) is 1. The quantitative estimate of drug-likeness (QED) is 0.485. The summed E-state index contributed by atoms with van der Waals surface area (Å²) in [6.45, 7) is 0.924. The van der Waals surface area contributed by atoms with Gasteiger partial charge in [-0.15, -0.1) is 5.10 Å². The highest BCUT2D eigenvalue weighted by Gasteiger charge is 2.08. The van der Waals surface area contributed by atoms with Gasteiger partial charge in [-0.3, -0.25) is 9.59 Å². The Bertz CT molecular complexity index is 1200. The fourth-order valence-electron chi connectivity index (χ4n) is 3.30. The number of benzene rings is 3. The molecule has 1 N–H and O–H groups in total. The van der Waals surface area contributed by atoms with E-state index >= 15 is 0 Å². The van der Waals surface area contributed by atoms with E-state index in [1.54, 1.807) is 24.3 Å². The molecule has 0 aliphatic heterocycles. The van der Waals surface area contributed by atoms with Gasteiger partial charge in [0.25, 0.3) is 11.5 Å². The molecule has 30 heavy (non-hydrogen) atoms. The second kappa shape index (κ2) is 9.13. The second-order valence-electron chi connectivity index (χ2n) is 7.11. The van der Waals surface area contributed by atoms with Crippen LogP contribution in [-0.4, -0.2) is 27.4 Å². The molecule has 150 valence electrons. The number of aromatic nitrogens is 3. The van der Waals surface area contributed by atoms with Gasteiger partial charge in [-0.05, 0) is 48.2 Å². The molecule has 0 aliphatic rings. The lowest BCUT2D eigenvalue weighted by molar-refractivity contribution is 0.0953. The van der Waals surface area contributed by atoms with Crippen molar-refractivity contribution in [1.82, 2.24) is 20.3 Å². The maximum absolute atomic E-state index is 12.6. The zero-order valence-corrected chi connectivity index (χ0v) is 16.5. The topological polar surface area (TPSA) is 76.9 Å². The van der Waals surface area contributed by atoms with Crippen LogP contribution < -0.4 is 10.9 Å². The summed E-state index contributed by atoms with van der Waals surface area (Å²) >= 11 is 0. The van der Waals surface area contributed by atoms with Gasteiger partial charge >= 0.3 is 0 Å². The van der Waals surface area contributed by atoms with E-state index in [0.717, 1.165) is 18.4 Å². The van der Waals surface area contributed by atoms with E-state index < -0.39 is 0 Å². The summed E-state index contributed by atoms with van der Waals surface area (Å²) in [6.07, 6.45) is 1.82. The average Bonchev–Trinajstić information content (AvgIpc) is 2.80. The summed E-state index contributed by atoms with van der Waals surface area (Å²) in [7, 11) is 0. The zero-order chi connectivity index (χ0) is 20.8. The summed E-state index contributed by atoms with van der Waals surface area (Å²) in [5.41, 5.74) is 3.14. The van der Waals surface area contributed by atoms with Crippen molar-refractivity contribution in [3.63, 3.8) is 0 Å². The van der Waals surface area contributed by atoms with Crippen LogP contribution in [0, 0.1) is 0 Å². The minimum Gasteiger partial charge on any atom is -0.352 e. The molecule has 0 bridgehead atoms. The van der Waals surface area contributed by atoms with Crippen molar-refractivity contribution in [2.45, 2.75) is 19.4 Å². The molecule has 0 saturated heterocycles. The fraction of sp³-hybridized carbons (Fsp3) is 0.167. The van der Waals surface area contributed by atoms with Gasteiger partial charge in [-0.1, -0.05) is 59.8 Å². The van der Waals surface area contributed by atoms with Crippen LogP contribution >= 0.6 is 0 Å². The lowest BCUT2D eigenvalue weighted by Crippen LogP contribution is -2.25. The minimum absolute atomic E-state index is 0.0997. The monoisotopic (exact) mass is 398 g/mol. The first kappa shape index (κ1) is 19.5. The van der Waals surface area contributed by atoms with E-state index in [2.05, 4.69) is 27.8 Å². The van der Waals surface area contributed by atoms with E-state index in [0.29, 0.717) is 29.6 Å². The Labute approximate surface area is 174 Å². The normalized spacial score (nSPS) is 10.8. The average molecular weight is 398 g/mol. The van der Waals surface area contributed by atoms with Crippen LogP contribution in [0.4, 0.5) is 0 Å². The first-order chi connectivity index (χ1) is 14.7. The number of amides is 1. The van der Waals surface area contributed by atoms with Crippen LogP contribution in [0.5, 0.6) is 0 Å². The van der Waals surface area contributed by atoms with Gasteiger partial charge in [-0.2, -0.15) is 0 Å². The van der Waals surface area contributed by atoms with E-state index in [1.165, 1.54) is 10.2 Å². The van der Waals surface area contributed by atoms with Crippen molar-refractivity contribution in [1.29, 1.82) is 0 Å². The fourth-order valence-corrected chi connectivity index (χ4v) is 3.30. The predicted molar refractivity (Wildman–Crippen MR) is 116 cm³/mol. The standard InChI is InChI=1S/C24H22N4O2/c29-23(25-16-6-9-18-7-2-1-3-8-18)20-14-12-19(13-15-20)17-28-24(30)21-10-4-5-11-22(21)26-27-28/h1-5,7-8,10-15H,6,9,16-17H2,(H,25,29). The molecule has 0 spiro atoms. The van der Waals surface area contributed by atoms with Crippen molar-refractivity contribution in [2.24, 2.45) is 0 Å². The number of rotatable bonds is 7. The van der Waals surface area contributed by atoms with Gasteiger partial charge in [0, 0.05) is 12.1 Å². The Morgan fingerprint density at radius 1 is 0.867 bits per heavy atom. The number of carbonyl (C=O) groups excluding carboxylic acids is 1. The maximum Gasteiger partial charge on any atom is 0.277 e. The summed E-state index contributed by atoms with van der Waals surface area (Å²) in [5.74, 6) is -0.0997. The Balaban J connectivity index is 1.34. The molecule has 6 heteroatoms. The van der Waals surface area contributed by atoms with Gasteiger partial charge in [0.15, 0.2) is 0 Å². The molecule has 1 amide bonds. The Kier molecular flexibility index (Phi) is 5.94. The molecule has 4 rings (SSSR count). The van der Waals surface area contributed by atoms with Gasteiger partial charge < -0.3 is 5.32 Å². The molecule has 0 aliphatic carbocycles. The van der Waals surface area contributed by atoms with Crippen molar-refractivity contribution in [3.8, 4) is 0 Å². The zero-order valence-electron chi connectivity index (χ0n) is 16.5. The van der Waals surface area contributed by atoms with Crippen LogP contribution in [0.15, 0.2) is 83.7 Å². The largest absolute Gasteiger partial charge is 0.352 e. The Hall–Kier alpha value is -3.80. The van der Waals surface area contributed by atoms with Crippen molar-refractivity contribution < 1.29 is 4.79 Å². The first-order valence-electron chi connectivity index (χ1n) is 9.94. The Morgan fingerprint density at radius 2 is 1.60 bits per heavy atom. The highest BCUT2D eigenvalue weighted by atomic mass is 16.1. The molecule has 0 fully saturated rings. The second-order valence-corrected chi connectivity index (χ2v) is 7.11. The number of aryl methyl sites for hydroxylation is 1. The Morgan fingerprint density at radius 3 is 2.40 bits per heavy atom. The van der Waals surface area contributed by atoms with E-state index in [1.807, 2.05) is 42.5 Å². The van der Waals surface area contributed by atoms with Gasteiger partial charge in [0.05, 0.1) is 11.9 Å². The number of fused-ring (bicyclic) bond motifs is 1. The van der Waals surface area contributed by atoms with Crippen LogP contribution in [0.25, 0.3) is 10.9 Å². The number of nitrogens with one attached hydrogen (secondary N) is 1. The molecule has 4 aromatic rings.